The van der Waals surface area contributed by atoms with Gasteiger partial charge in [-0.1, -0.05) is 12.1 Å². The van der Waals surface area contributed by atoms with Gasteiger partial charge in [0.25, 0.3) is 10.2 Å². The second-order valence-electron chi connectivity index (χ2n) is 4.39. The van der Waals surface area contributed by atoms with Crippen LogP contribution in [-0.2, 0) is 21.5 Å². The van der Waals surface area contributed by atoms with Gasteiger partial charge in [0, 0.05) is 13.1 Å². The first-order valence-electron chi connectivity index (χ1n) is 5.68. The molecule has 0 saturated carbocycles. The van der Waals surface area contributed by atoms with Crippen molar-refractivity contribution in [3.63, 3.8) is 0 Å². The zero-order chi connectivity index (χ0) is 14.0. The average Bonchev–Trinajstić information content (AvgIpc) is 2.63. The van der Waals surface area contributed by atoms with E-state index in [9.17, 15) is 17.6 Å². The Labute approximate surface area is 110 Å². The normalized spacial score (nSPS) is 20.0. The number of carbonyl (C=O) groups is 1. The fourth-order valence-electron chi connectivity index (χ4n) is 2.01. The van der Waals surface area contributed by atoms with Crippen molar-refractivity contribution in [3.05, 3.63) is 35.6 Å². The quantitative estimate of drug-likeness (QED) is 0.797. The standard InChI is InChI=1S/C11H14FN3O3S/c12-9-3-1-8(2-4-9)7-15-6-5-10(11(15)16)14-19(13,17)18/h1-4,10,14H,5-7H2,(H2,13,17,18)/t10-/m1/s1. The summed E-state index contributed by atoms with van der Waals surface area (Å²) in [5.74, 6) is -0.663. The summed E-state index contributed by atoms with van der Waals surface area (Å²) in [6.45, 7) is 0.755. The Balaban J connectivity index is 2.00. The SMILES string of the molecule is NS(=O)(=O)N[C@@H]1CCN(Cc2ccc(F)cc2)C1=O. The lowest BCUT2D eigenvalue weighted by Gasteiger charge is -2.16. The minimum absolute atomic E-state index is 0.321. The molecule has 0 aromatic heterocycles. The number of nitrogens with zero attached hydrogens (tertiary/aromatic N) is 1. The number of halogens is 1. The number of nitrogens with one attached hydrogen (secondary N) is 1. The molecule has 2 rings (SSSR count). The number of hydrogen-bond donors (Lipinski definition) is 2. The highest BCUT2D eigenvalue weighted by molar-refractivity contribution is 7.87. The van der Waals surface area contributed by atoms with Crippen LogP contribution >= 0.6 is 0 Å². The molecular formula is C11H14FN3O3S. The molecule has 1 aromatic rings. The van der Waals surface area contributed by atoms with Gasteiger partial charge < -0.3 is 4.90 Å². The third-order valence-electron chi connectivity index (χ3n) is 2.89. The van der Waals surface area contributed by atoms with Crippen LogP contribution in [0.15, 0.2) is 24.3 Å². The molecule has 1 heterocycles. The number of likely N-dealkylation sites (tertiary alicyclic amines) is 1. The van der Waals surface area contributed by atoms with E-state index >= 15 is 0 Å². The molecule has 3 N–H and O–H groups in total. The highest BCUT2D eigenvalue weighted by Gasteiger charge is 2.33. The predicted octanol–water partition coefficient (Wildman–Crippen LogP) is -0.280. The Bertz CT molecular complexity index is 573. The monoisotopic (exact) mass is 287 g/mol. The lowest BCUT2D eigenvalue weighted by Crippen LogP contribution is -2.44. The van der Waals surface area contributed by atoms with Crippen LogP contribution in [0.25, 0.3) is 0 Å². The van der Waals surface area contributed by atoms with E-state index in [-0.39, 0.29) is 11.7 Å². The number of hydrogen-bond acceptors (Lipinski definition) is 3. The van der Waals surface area contributed by atoms with Crippen molar-refractivity contribution in [1.82, 2.24) is 9.62 Å². The highest BCUT2D eigenvalue weighted by atomic mass is 32.2. The summed E-state index contributed by atoms with van der Waals surface area (Å²) < 4.78 is 36.6. The summed E-state index contributed by atoms with van der Waals surface area (Å²) in [5.41, 5.74) is 0.783. The molecule has 1 fully saturated rings. The molecule has 1 amide bonds. The Morgan fingerprint density at radius 3 is 2.58 bits per heavy atom. The molecule has 19 heavy (non-hydrogen) atoms. The van der Waals surface area contributed by atoms with Gasteiger partial charge >= 0.3 is 0 Å². The summed E-state index contributed by atoms with van der Waals surface area (Å²) in [4.78, 5) is 13.4. The summed E-state index contributed by atoms with van der Waals surface area (Å²) in [6, 6.07) is 4.99. The van der Waals surface area contributed by atoms with Gasteiger partial charge in [-0.05, 0) is 24.1 Å². The maximum Gasteiger partial charge on any atom is 0.275 e. The summed E-state index contributed by atoms with van der Waals surface area (Å²) in [6.07, 6.45) is 0.371. The first-order valence-corrected chi connectivity index (χ1v) is 7.23. The molecule has 1 atom stereocenters. The van der Waals surface area contributed by atoms with Gasteiger partial charge in [0.2, 0.25) is 5.91 Å². The largest absolute Gasteiger partial charge is 0.337 e. The van der Waals surface area contributed by atoms with Crippen LogP contribution < -0.4 is 9.86 Å². The molecule has 0 spiro atoms. The molecular weight excluding hydrogens is 273 g/mol. The Morgan fingerprint density at radius 2 is 2.00 bits per heavy atom. The smallest absolute Gasteiger partial charge is 0.275 e. The van der Waals surface area contributed by atoms with Crippen LogP contribution in [0.2, 0.25) is 0 Å². The van der Waals surface area contributed by atoms with Crippen LogP contribution in [0.4, 0.5) is 4.39 Å². The molecule has 1 aliphatic rings. The third kappa shape index (κ3) is 3.72. The van der Waals surface area contributed by atoms with Crippen molar-refractivity contribution < 1.29 is 17.6 Å². The first-order chi connectivity index (χ1) is 8.85. The zero-order valence-electron chi connectivity index (χ0n) is 10.0. The van der Waals surface area contributed by atoms with Crippen molar-refractivity contribution in [2.75, 3.05) is 6.54 Å². The first kappa shape index (κ1) is 13.9. The minimum atomic E-state index is -3.89. The van der Waals surface area contributed by atoms with Crippen molar-refractivity contribution in [2.45, 2.75) is 19.0 Å². The molecule has 0 radical (unpaired) electrons. The average molecular weight is 287 g/mol. The summed E-state index contributed by atoms with van der Waals surface area (Å²) >= 11 is 0. The third-order valence-corrected chi connectivity index (χ3v) is 3.50. The van der Waals surface area contributed by atoms with Crippen molar-refractivity contribution in [3.8, 4) is 0 Å². The molecule has 104 valence electrons. The molecule has 0 unspecified atom stereocenters. The van der Waals surface area contributed by atoms with Crippen LogP contribution in [-0.4, -0.2) is 31.8 Å². The number of carbonyl (C=O) groups excluding carboxylic acids is 1. The van der Waals surface area contributed by atoms with E-state index in [0.29, 0.717) is 19.5 Å². The maximum atomic E-state index is 12.8. The minimum Gasteiger partial charge on any atom is -0.337 e. The summed E-state index contributed by atoms with van der Waals surface area (Å²) in [7, 11) is -3.89. The van der Waals surface area contributed by atoms with Crippen LogP contribution in [0, 0.1) is 5.82 Å². The zero-order valence-corrected chi connectivity index (χ0v) is 10.9. The van der Waals surface area contributed by atoms with Gasteiger partial charge in [0.05, 0.1) is 0 Å². The van der Waals surface area contributed by atoms with E-state index in [1.54, 1.807) is 12.1 Å². The fourth-order valence-corrected chi connectivity index (χ4v) is 2.63. The van der Waals surface area contributed by atoms with Gasteiger partial charge in [-0.25, -0.2) is 9.53 Å². The number of rotatable bonds is 4. The van der Waals surface area contributed by atoms with Crippen molar-refractivity contribution >= 4 is 16.1 Å². The van der Waals surface area contributed by atoms with Crippen molar-refractivity contribution in [1.29, 1.82) is 0 Å². The van der Waals surface area contributed by atoms with E-state index in [1.165, 1.54) is 17.0 Å². The Kier molecular flexibility index (Phi) is 3.83. The molecule has 1 saturated heterocycles. The second kappa shape index (κ2) is 5.24. The Morgan fingerprint density at radius 1 is 1.37 bits per heavy atom. The van der Waals surface area contributed by atoms with E-state index in [1.807, 2.05) is 0 Å². The highest BCUT2D eigenvalue weighted by Crippen LogP contribution is 2.15. The van der Waals surface area contributed by atoms with Crippen LogP contribution in [0.3, 0.4) is 0 Å². The molecule has 8 heteroatoms. The van der Waals surface area contributed by atoms with Gasteiger partial charge in [0.1, 0.15) is 11.9 Å². The van der Waals surface area contributed by atoms with Crippen LogP contribution in [0.1, 0.15) is 12.0 Å². The van der Waals surface area contributed by atoms with E-state index in [0.717, 1.165) is 5.56 Å². The molecule has 1 aromatic carbocycles. The van der Waals surface area contributed by atoms with Crippen molar-refractivity contribution in [2.24, 2.45) is 5.14 Å². The van der Waals surface area contributed by atoms with E-state index < -0.39 is 16.3 Å². The Hall–Kier alpha value is -1.51. The van der Waals surface area contributed by atoms with E-state index in [4.69, 9.17) is 5.14 Å². The molecule has 1 aliphatic heterocycles. The lowest BCUT2D eigenvalue weighted by molar-refractivity contribution is -0.129. The number of nitrogens with two attached hydrogens (primary N) is 1. The van der Waals surface area contributed by atoms with Gasteiger partial charge in [-0.3, -0.25) is 4.79 Å². The topological polar surface area (TPSA) is 92.5 Å². The van der Waals surface area contributed by atoms with Crippen LogP contribution in [0.5, 0.6) is 0 Å². The van der Waals surface area contributed by atoms with Gasteiger partial charge in [-0.2, -0.15) is 13.1 Å². The molecule has 0 bridgehead atoms. The number of amides is 1. The van der Waals surface area contributed by atoms with Gasteiger partial charge in [-0.15, -0.1) is 0 Å². The summed E-state index contributed by atoms with van der Waals surface area (Å²) in [5, 5.41) is 4.84. The lowest BCUT2D eigenvalue weighted by atomic mass is 10.2. The predicted molar refractivity (Wildman–Crippen MR) is 66.5 cm³/mol. The molecule has 0 aliphatic carbocycles. The fraction of sp³-hybridized carbons (Fsp3) is 0.364. The maximum absolute atomic E-state index is 12.8. The van der Waals surface area contributed by atoms with Gasteiger partial charge in [0.15, 0.2) is 0 Å². The molecule has 6 nitrogen and oxygen atoms in total. The van der Waals surface area contributed by atoms with E-state index in [2.05, 4.69) is 4.72 Å². The number of benzene rings is 1. The second-order valence-corrected chi connectivity index (χ2v) is 5.72.